The highest BCUT2D eigenvalue weighted by molar-refractivity contribution is 6.06. The lowest BCUT2D eigenvalue weighted by atomic mass is 10.0. The van der Waals surface area contributed by atoms with Crippen molar-refractivity contribution in [1.29, 1.82) is 0 Å². The summed E-state index contributed by atoms with van der Waals surface area (Å²) < 4.78 is 79.4. The summed E-state index contributed by atoms with van der Waals surface area (Å²) in [6.07, 6.45) is -7.21. The molecule has 12 heteroatoms. The number of benzene rings is 2. The number of carbonyl (C=O) groups excluding carboxylic acids is 2. The first-order chi connectivity index (χ1) is 18.3. The molecular formula is C27H32F6N4O2. The molecule has 1 saturated heterocycles. The Morgan fingerprint density at radius 2 is 1.44 bits per heavy atom. The monoisotopic (exact) mass is 558 g/mol. The van der Waals surface area contributed by atoms with Gasteiger partial charge in [0.2, 0.25) is 0 Å². The number of likely N-dealkylation sites (N-methyl/N-ethyl adjacent to an activating group) is 1. The van der Waals surface area contributed by atoms with Gasteiger partial charge < -0.3 is 20.4 Å². The van der Waals surface area contributed by atoms with Gasteiger partial charge in [0, 0.05) is 43.1 Å². The van der Waals surface area contributed by atoms with Gasteiger partial charge in [-0.1, -0.05) is 13.8 Å². The van der Waals surface area contributed by atoms with Crippen LogP contribution in [0.4, 0.5) is 37.7 Å². The van der Waals surface area contributed by atoms with Crippen LogP contribution in [0.5, 0.6) is 0 Å². The zero-order valence-corrected chi connectivity index (χ0v) is 21.8. The van der Waals surface area contributed by atoms with Crippen LogP contribution in [0.1, 0.15) is 65.0 Å². The molecule has 39 heavy (non-hydrogen) atoms. The molecule has 0 spiro atoms. The second kappa shape index (κ2) is 12.7. The molecule has 0 aliphatic carbocycles. The Hall–Kier alpha value is -3.28. The molecule has 1 heterocycles. The van der Waals surface area contributed by atoms with Gasteiger partial charge in [-0.2, -0.15) is 26.3 Å². The fraction of sp³-hybridized carbons (Fsp3) is 0.481. The van der Waals surface area contributed by atoms with Gasteiger partial charge in [0.05, 0.1) is 16.7 Å². The smallest absolute Gasteiger partial charge is 0.371 e. The van der Waals surface area contributed by atoms with Crippen molar-refractivity contribution < 1.29 is 35.9 Å². The van der Waals surface area contributed by atoms with E-state index in [0.717, 1.165) is 45.4 Å². The molecule has 2 N–H and O–H groups in total. The van der Waals surface area contributed by atoms with E-state index < -0.39 is 40.9 Å². The molecule has 1 fully saturated rings. The first-order valence-electron chi connectivity index (χ1n) is 12.8. The predicted octanol–water partition coefficient (Wildman–Crippen LogP) is 6.04. The molecule has 2 amide bonds. The molecule has 2 aromatic rings. The van der Waals surface area contributed by atoms with E-state index in [2.05, 4.69) is 20.4 Å². The third-order valence-electron chi connectivity index (χ3n) is 6.65. The number of anilines is 2. The molecule has 1 aliphatic heterocycles. The number of hydrogen-bond acceptors (Lipinski definition) is 4. The number of carbonyl (C=O) groups is 2. The number of hydrogen-bond donors (Lipinski definition) is 2. The number of halogens is 6. The second-order valence-corrected chi connectivity index (χ2v) is 9.31. The predicted molar refractivity (Wildman–Crippen MR) is 137 cm³/mol. The summed E-state index contributed by atoms with van der Waals surface area (Å²) in [6, 6.07) is 5.21. The largest absolute Gasteiger partial charge is 0.416 e. The van der Waals surface area contributed by atoms with Crippen molar-refractivity contribution in [3.05, 3.63) is 58.7 Å². The topological polar surface area (TPSA) is 64.7 Å². The maximum Gasteiger partial charge on any atom is 0.416 e. The second-order valence-electron chi connectivity index (χ2n) is 9.31. The number of alkyl halides is 6. The van der Waals surface area contributed by atoms with Crippen LogP contribution in [0.3, 0.4) is 0 Å². The van der Waals surface area contributed by atoms with Crippen LogP contribution in [0.15, 0.2) is 36.4 Å². The third-order valence-corrected chi connectivity index (χ3v) is 6.65. The van der Waals surface area contributed by atoms with Gasteiger partial charge in [0.15, 0.2) is 0 Å². The van der Waals surface area contributed by atoms with Crippen molar-refractivity contribution in [3.63, 3.8) is 0 Å². The van der Waals surface area contributed by atoms with Crippen LogP contribution in [0.25, 0.3) is 0 Å². The molecule has 6 nitrogen and oxygen atoms in total. The minimum Gasteiger partial charge on any atom is -0.371 e. The molecule has 0 aromatic heterocycles. The maximum atomic E-state index is 13.2. The highest BCUT2D eigenvalue weighted by Gasteiger charge is 2.37. The molecule has 214 valence electrons. The van der Waals surface area contributed by atoms with E-state index in [4.69, 9.17) is 0 Å². The SMILES string of the molecule is CCN(CC)CCNC(=O)c1cc(NC(=O)c2cc(C(F)(F)F)cc(C(F)(F)F)c2)ccc1N1CCCCC1. The van der Waals surface area contributed by atoms with Gasteiger partial charge in [-0.25, -0.2) is 0 Å². The van der Waals surface area contributed by atoms with Gasteiger partial charge in [-0.05, 0) is 68.8 Å². The Kier molecular flexibility index (Phi) is 9.87. The number of rotatable bonds is 9. The highest BCUT2D eigenvalue weighted by atomic mass is 19.4. The normalized spacial score (nSPS) is 14.4. The summed E-state index contributed by atoms with van der Waals surface area (Å²) in [7, 11) is 0. The van der Waals surface area contributed by atoms with Crippen LogP contribution in [-0.2, 0) is 12.4 Å². The average Bonchev–Trinajstić information content (AvgIpc) is 2.90. The molecular weight excluding hydrogens is 526 g/mol. The summed E-state index contributed by atoms with van der Waals surface area (Å²) in [5.41, 5.74) is -3.00. The summed E-state index contributed by atoms with van der Waals surface area (Å²) in [5.74, 6) is -1.55. The fourth-order valence-electron chi connectivity index (χ4n) is 4.46. The lowest BCUT2D eigenvalue weighted by molar-refractivity contribution is -0.143. The first kappa shape index (κ1) is 30.3. The molecule has 0 unspecified atom stereocenters. The molecule has 0 saturated carbocycles. The lowest BCUT2D eigenvalue weighted by Gasteiger charge is -2.30. The van der Waals surface area contributed by atoms with E-state index in [9.17, 15) is 35.9 Å². The Balaban J connectivity index is 1.90. The number of piperidine rings is 1. The van der Waals surface area contributed by atoms with Gasteiger partial charge in [-0.3, -0.25) is 9.59 Å². The van der Waals surface area contributed by atoms with Gasteiger partial charge >= 0.3 is 12.4 Å². The Morgan fingerprint density at radius 1 is 0.846 bits per heavy atom. The molecule has 2 aromatic carbocycles. The Morgan fingerprint density at radius 3 is 1.97 bits per heavy atom. The van der Waals surface area contributed by atoms with E-state index >= 15 is 0 Å². The van der Waals surface area contributed by atoms with Crippen molar-refractivity contribution in [2.75, 3.05) is 49.5 Å². The van der Waals surface area contributed by atoms with E-state index in [0.29, 0.717) is 30.9 Å². The lowest BCUT2D eigenvalue weighted by Crippen LogP contribution is -2.36. The standard InChI is InChI=1S/C27H32F6N4O2/c1-3-36(4-2)13-10-34-25(39)22-17-21(8-9-23(22)37-11-6-5-7-12-37)35-24(38)18-14-19(26(28,29)30)16-20(15-18)27(31,32)33/h8-9,14-17H,3-7,10-13H2,1-2H3,(H,34,39)(H,35,38). The highest BCUT2D eigenvalue weighted by Crippen LogP contribution is 2.36. The average molecular weight is 559 g/mol. The maximum absolute atomic E-state index is 13.2. The number of nitrogens with zero attached hydrogens (tertiary/aromatic N) is 2. The van der Waals surface area contributed by atoms with Crippen LogP contribution < -0.4 is 15.5 Å². The Labute approximate surface area is 223 Å². The molecule has 0 radical (unpaired) electrons. The zero-order chi connectivity index (χ0) is 28.8. The van der Waals surface area contributed by atoms with Crippen molar-refractivity contribution in [1.82, 2.24) is 10.2 Å². The van der Waals surface area contributed by atoms with E-state index in [1.54, 1.807) is 6.07 Å². The quantitative estimate of drug-likeness (QED) is 0.369. The van der Waals surface area contributed by atoms with Crippen molar-refractivity contribution in [2.24, 2.45) is 0 Å². The van der Waals surface area contributed by atoms with E-state index in [1.807, 2.05) is 13.8 Å². The van der Waals surface area contributed by atoms with E-state index in [1.165, 1.54) is 12.1 Å². The fourth-order valence-corrected chi connectivity index (χ4v) is 4.46. The van der Waals surface area contributed by atoms with Crippen LogP contribution in [0.2, 0.25) is 0 Å². The minimum absolute atomic E-state index is 0.0369. The molecule has 0 atom stereocenters. The minimum atomic E-state index is -5.08. The summed E-state index contributed by atoms with van der Waals surface area (Å²) in [4.78, 5) is 30.1. The Bertz CT molecular complexity index is 1120. The van der Waals surface area contributed by atoms with Gasteiger partial charge in [0.1, 0.15) is 0 Å². The van der Waals surface area contributed by atoms with Crippen molar-refractivity contribution >= 4 is 23.2 Å². The van der Waals surface area contributed by atoms with Crippen LogP contribution in [-0.4, -0.2) is 56.0 Å². The molecule has 3 rings (SSSR count). The van der Waals surface area contributed by atoms with Gasteiger partial charge in [0.25, 0.3) is 11.8 Å². The van der Waals surface area contributed by atoms with Gasteiger partial charge in [-0.15, -0.1) is 0 Å². The summed E-state index contributed by atoms with van der Waals surface area (Å²) in [6.45, 7) is 8.12. The third kappa shape index (κ3) is 8.11. The van der Waals surface area contributed by atoms with Crippen LogP contribution in [0, 0.1) is 0 Å². The zero-order valence-electron chi connectivity index (χ0n) is 21.8. The molecule has 1 aliphatic rings. The van der Waals surface area contributed by atoms with Crippen molar-refractivity contribution in [2.45, 2.75) is 45.5 Å². The summed E-state index contributed by atoms with van der Waals surface area (Å²) >= 11 is 0. The number of nitrogens with one attached hydrogen (secondary N) is 2. The van der Waals surface area contributed by atoms with Crippen LogP contribution >= 0.6 is 0 Å². The molecule has 0 bridgehead atoms. The van der Waals surface area contributed by atoms with Crippen molar-refractivity contribution in [3.8, 4) is 0 Å². The first-order valence-corrected chi connectivity index (χ1v) is 12.8. The van der Waals surface area contributed by atoms with E-state index in [-0.39, 0.29) is 17.3 Å². The number of amides is 2. The summed E-state index contributed by atoms with van der Waals surface area (Å²) in [5, 5.41) is 5.22.